The van der Waals surface area contributed by atoms with Gasteiger partial charge in [-0.2, -0.15) is 5.26 Å². The van der Waals surface area contributed by atoms with Crippen molar-refractivity contribution < 1.29 is 0 Å². The largest absolute Gasteiger partial charge is 0.324 e. The molecule has 0 atom stereocenters. The van der Waals surface area contributed by atoms with Gasteiger partial charge in [0.2, 0.25) is 5.95 Å². The van der Waals surface area contributed by atoms with Crippen LogP contribution < -0.4 is 5.32 Å². The van der Waals surface area contributed by atoms with E-state index >= 15 is 0 Å². The molecule has 0 aliphatic heterocycles. The molecule has 5 heteroatoms. The molecular weight excluding hydrogens is 298 g/mol. The van der Waals surface area contributed by atoms with E-state index in [4.69, 9.17) is 10.7 Å². The molecule has 2 aromatic carbocycles. The summed E-state index contributed by atoms with van der Waals surface area (Å²) in [6.07, 6.45) is 1.63. The number of nitrogens with one attached hydrogen (secondary N) is 2. The van der Waals surface area contributed by atoms with Crippen LogP contribution in [0.4, 0.5) is 11.6 Å². The van der Waals surface area contributed by atoms with Crippen molar-refractivity contribution in [2.75, 3.05) is 5.32 Å². The van der Waals surface area contributed by atoms with Crippen LogP contribution in [0.15, 0.2) is 60.8 Å². The third-order valence-corrected chi connectivity index (χ3v) is 3.60. The van der Waals surface area contributed by atoms with Gasteiger partial charge in [-0.3, -0.25) is 5.41 Å². The highest BCUT2D eigenvalue weighted by atomic mass is 15.1. The van der Waals surface area contributed by atoms with E-state index < -0.39 is 0 Å². The van der Waals surface area contributed by atoms with Crippen molar-refractivity contribution in [3.05, 3.63) is 83.2 Å². The molecule has 0 saturated carbocycles. The molecule has 5 nitrogen and oxygen atoms in total. The lowest BCUT2D eigenvalue weighted by atomic mass is 10.0. The van der Waals surface area contributed by atoms with E-state index in [1.807, 2.05) is 31.2 Å². The van der Waals surface area contributed by atoms with Crippen molar-refractivity contribution in [2.24, 2.45) is 0 Å². The Hall–Kier alpha value is -3.52. The van der Waals surface area contributed by atoms with Crippen LogP contribution in [0.5, 0.6) is 0 Å². The molecule has 0 aliphatic carbocycles. The van der Waals surface area contributed by atoms with E-state index in [9.17, 15) is 0 Å². The summed E-state index contributed by atoms with van der Waals surface area (Å²) in [4.78, 5) is 8.61. The van der Waals surface area contributed by atoms with Crippen molar-refractivity contribution >= 4 is 17.3 Å². The van der Waals surface area contributed by atoms with E-state index in [1.54, 1.807) is 36.5 Å². The first-order valence-electron chi connectivity index (χ1n) is 7.42. The number of nitrogens with zero attached hydrogens (tertiary/aromatic N) is 3. The lowest BCUT2D eigenvalue weighted by molar-refractivity contribution is 1.14. The van der Waals surface area contributed by atoms with E-state index in [1.165, 1.54) is 0 Å². The molecule has 1 aromatic heterocycles. The maximum atomic E-state index is 8.83. The number of hydrogen-bond donors (Lipinski definition) is 2. The number of rotatable bonds is 4. The van der Waals surface area contributed by atoms with Gasteiger partial charge in [-0.25, -0.2) is 9.97 Å². The fourth-order valence-electron chi connectivity index (χ4n) is 2.31. The monoisotopic (exact) mass is 313 g/mol. The van der Waals surface area contributed by atoms with Crippen LogP contribution in [0.1, 0.15) is 22.4 Å². The average molecular weight is 313 g/mol. The zero-order valence-electron chi connectivity index (χ0n) is 13.1. The quantitative estimate of drug-likeness (QED) is 0.717. The Bertz CT molecular complexity index is 923. The third-order valence-electron chi connectivity index (χ3n) is 3.60. The molecule has 1 heterocycles. The van der Waals surface area contributed by atoms with Crippen LogP contribution in [0, 0.1) is 23.7 Å². The Labute approximate surface area is 140 Å². The van der Waals surface area contributed by atoms with Crippen molar-refractivity contribution in [2.45, 2.75) is 6.92 Å². The van der Waals surface area contributed by atoms with Gasteiger partial charge in [-0.15, -0.1) is 0 Å². The van der Waals surface area contributed by atoms with Crippen LogP contribution in [-0.4, -0.2) is 15.7 Å². The molecule has 3 rings (SSSR count). The molecule has 0 spiro atoms. The SMILES string of the molecule is Cc1ccccc1C(=N)c1ccnc(Nc2ccc(C#N)cc2)n1. The predicted octanol–water partition coefficient (Wildman–Crippen LogP) is 3.82. The summed E-state index contributed by atoms with van der Waals surface area (Å²) in [5.74, 6) is 0.413. The normalized spacial score (nSPS) is 10.0. The van der Waals surface area contributed by atoms with Crippen molar-refractivity contribution in [3.8, 4) is 6.07 Å². The highest BCUT2D eigenvalue weighted by Gasteiger charge is 2.10. The Morgan fingerprint density at radius 3 is 2.54 bits per heavy atom. The summed E-state index contributed by atoms with van der Waals surface area (Å²) in [5, 5.41) is 20.3. The topological polar surface area (TPSA) is 85.5 Å². The summed E-state index contributed by atoms with van der Waals surface area (Å²) in [6.45, 7) is 1.97. The molecule has 0 saturated heterocycles. The van der Waals surface area contributed by atoms with Crippen molar-refractivity contribution in [1.82, 2.24) is 9.97 Å². The lowest BCUT2D eigenvalue weighted by Crippen LogP contribution is -2.08. The Morgan fingerprint density at radius 1 is 1.08 bits per heavy atom. The van der Waals surface area contributed by atoms with Gasteiger partial charge in [0.25, 0.3) is 0 Å². The van der Waals surface area contributed by atoms with Gasteiger partial charge < -0.3 is 5.32 Å². The Morgan fingerprint density at radius 2 is 1.83 bits per heavy atom. The molecule has 0 amide bonds. The fourth-order valence-corrected chi connectivity index (χ4v) is 2.31. The smallest absolute Gasteiger partial charge is 0.227 e. The minimum atomic E-state index is 0.360. The fraction of sp³-hybridized carbons (Fsp3) is 0.0526. The zero-order valence-corrected chi connectivity index (χ0v) is 13.1. The summed E-state index contributed by atoms with van der Waals surface area (Å²) in [6, 6.07) is 18.6. The first-order valence-corrected chi connectivity index (χ1v) is 7.42. The third kappa shape index (κ3) is 3.28. The Kier molecular flexibility index (Phi) is 4.30. The number of nitriles is 1. The van der Waals surface area contributed by atoms with Gasteiger partial charge in [0.05, 0.1) is 23.0 Å². The van der Waals surface area contributed by atoms with E-state index in [0.29, 0.717) is 22.9 Å². The summed E-state index contributed by atoms with van der Waals surface area (Å²) >= 11 is 0. The highest BCUT2D eigenvalue weighted by molar-refractivity contribution is 6.10. The number of hydrogen-bond acceptors (Lipinski definition) is 5. The van der Waals surface area contributed by atoms with Gasteiger partial charge in [0, 0.05) is 17.4 Å². The molecule has 0 aliphatic rings. The first kappa shape index (κ1) is 15.4. The molecule has 24 heavy (non-hydrogen) atoms. The zero-order chi connectivity index (χ0) is 16.9. The second-order valence-electron chi connectivity index (χ2n) is 5.27. The van der Waals surface area contributed by atoms with E-state index in [2.05, 4.69) is 21.4 Å². The molecule has 116 valence electrons. The van der Waals surface area contributed by atoms with Crippen LogP contribution in [0.3, 0.4) is 0 Å². The molecule has 0 unspecified atom stereocenters. The standard InChI is InChI=1S/C19H15N5/c1-13-4-2-3-5-16(13)18(21)17-10-11-22-19(24-17)23-15-8-6-14(12-20)7-9-15/h2-11,21H,1H3,(H,22,23,24). The van der Waals surface area contributed by atoms with Gasteiger partial charge in [0.15, 0.2) is 0 Å². The maximum absolute atomic E-state index is 8.83. The van der Waals surface area contributed by atoms with Crippen LogP contribution in [-0.2, 0) is 0 Å². The molecule has 3 aromatic rings. The lowest BCUT2D eigenvalue weighted by Gasteiger charge is -2.09. The maximum Gasteiger partial charge on any atom is 0.227 e. The van der Waals surface area contributed by atoms with Crippen molar-refractivity contribution in [3.63, 3.8) is 0 Å². The minimum Gasteiger partial charge on any atom is -0.324 e. The highest BCUT2D eigenvalue weighted by Crippen LogP contribution is 2.16. The van der Waals surface area contributed by atoms with E-state index in [-0.39, 0.29) is 0 Å². The number of benzene rings is 2. The molecule has 0 bridgehead atoms. The minimum absolute atomic E-state index is 0.360. The summed E-state index contributed by atoms with van der Waals surface area (Å²) < 4.78 is 0. The van der Waals surface area contributed by atoms with Gasteiger partial charge >= 0.3 is 0 Å². The van der Waals surface area contributed by atoms with E-state index in [0.717, 1.165) is 16.8 Å². The Balaban J connectivity index is 1.85. The molecule has 2 N–H and O–H groups in total. The van der Waals surface area contributed by atoms with Gasteiger partial charge in [0.1, 0.15) is 0 Å². The molecule has 0 radical (unpaired) electrons. The van der Waals surface area contributed by atoms with Crippen LogP contribution >= 0.6 is 0 Å². The summed E-state index contributed by atoms with van der Waals surface area (Å²) in [5.41, 5.74) is 4.17. The summed E-state index contributed by atoms with van der Waals surface area (Å²) in [7, 11) is 0. The second-order valence-corrected chi connectivity index (χ2v) is 5.27. The van der Waals surface area contributed by atoms with Crippen molar-refractivity contribution in [1.29, 1.82) is 10.7 Å². The van der Waals surface area contributed by atoms with Gasteiger partial charge in [-0.05, 0) is 42.8 Å². The second kappa shape index (κ2) is 6.71. The molecular formula is C19H15N5. The first-order chi connectivity index (χ1) is 11.7. The van der Waals surface area contributed by atoms with Gasteiger partial charge in [-0.1, -0.05) is 24.3 Å². The predicted molar refractivity (Wildman–Crippen MR) is 93.6 cm³/mol. The molecule has 0 fully saturated rings. The van der Waals surface area contributed by atoms with Crippen LogP contribution in [0.25, 0.3) is 0 Å². The number of aromatic nitrogens is 2. The average Bonchev–Trinajstić information content (AvgIpc) is 2.62. The van der Waals surface area contributed by atoms with Crippen LogP contribution in [0.2, 0.25) is 0 Å². The number of anilines is 2. The number of aryl methyl sites for hydroxylation is 1.